The number of benzene rings is 4. The van der Waals surface area contributed by atoms with Gasteiger partial charge in [0, 0.05) is 36.6 Å². The van der Waals surface area contributed by atoms with E-state index in [0.29, 0.717) is 5.56 Å². The van der Waals surface area contributed by atoms with Gasteiger partial charge in [0.15, 0.2) is 0 Å². The molecular weight excluding hydrogens is 872 g/mol. The molecule has 4 aromatic carbocycles. The van der Waals surface area contributed by atoms with E-state index in [9.17, 15) is 0 Å². The van der Waals surface area contributed by atoms with Crippen LogP contribution in [0.15, 0.2) is 103 Å². The van der Waals surface area contributed by atoms with Gasteiger partial charge in [0.2, 0.25) is 0 Å². The zero-order chi connectivity index (χ0) is 34.9. The number of pyridine rings is 2. The number of rotatable bonds is 5. The van der Waals surface area contributed by atoms with Crippen LogP contribution in [-0.2, 0) is 26.5 Å². The molecule has 0 bridgehead atoms. The topological polar surface area (TPSA) is 25.8 Å². The van der Waals surface area contributed by atoms with Crippen molar-refractivity contribution in [3.05, 3.63) is 138 Å². The van der Waals surface area contributed by atoms with E-state index in [1.165, 1.54) is 21.1 Å². The summed E-state index contributed by atoms with van der Waals surface area (Å²) in [5, 5.41) is 2.02. The van der Waals surface area contributed by atoms with Crippen LogP contribution in [0, 0.1) is 37.2 Å². The van der Waals surface area contributed by atoms with Gasteiger partial charge in [-0.05, 0) is 57.8 Å². The Labute approximate surface area is 317 Å². The normalized spacial score (nSPS) is 11.6. The minimum atomic E-state index is -1.77. The molecular formula is C44H43FGeIrN2S-2. The van der Waals surface area contributed by atoms with Gasteiger partial charge >= 0.3 is 106 Å². The van der Waals surface area contributed by atoms with Crippen molar-refractivity contribution in [1.29, 1.82) is 0 Å². The smallest absolute Gasteiger partial charge is 0.131 e. The largest absolute Gasteiger partial charge is 0.304 e. The quantitative estimate of drug-likeness (QED) is 0.127. The molecule has 0 atom stereocenters. The molecule has 257 valence electrons. The van der Waals surface area contributed by atoms with Gasteiger partial charge in [-0.1, -0.05) is 68.1 Å². The van der Waals surface area contributed by atoms with Crippen molar-refractivity contribution in [3.63, 3.8) is 0 Å². The number of nitrogens with zero attached hydrogens (tertiary/aromatic N) is 2. The Balaban J connectivity index is 0.000000229. The summed E-state index contributed by atoms with van der Waals surface area (Å²) in [5.41, 5.74) is 9.60. The van der Waals surface area contributed by atoms with Crippen molar-refractivity contribution in [2.45, 2.75) is 58.3 Å². The second kappa shape index (κ2) is 15.4. The molecule has 3 heterocycles. The van der Waals surface area contributed by atoms with Crippen LogP contribution < -0.4 is 4.40 Å². The average molecular weight is 916 g/mol. The third-order valence-corrected chi connectivity index (χ3v) is 14.3. The van der Waals surface area contributed by atoms with E-state index in [2.05, 4.69) is 99.5 Å². The van der Waals surface area contributed by atoms with Gasteiger partial charge in [0.05, 0.1) is 0 Å². The van der Waals surface area contributed by atoms with Crippen molar-refractivity contribution in [2.75, 3.05) is 0 Å². The molecule has 3 aromatic heterocycles. The second-order valence-electron chi connectivity index (χ2n) is 15.0. The SMILES string of the molecule is Cc1cc(-c2[c-]cccc2)nc[c]1[Ge]([CH3])([CH3])[CH3].Cc1cnc(-c2[c-]cc3sc4ccc(F)c(-c5ccccc5)c4c3c2)cc1CC(C)(C)C.[Ir]. The number of thiophene rings is 1. The molecule has 7 aromatic rings. The summed E-state index contributed by atoms with van der Waals surface area (Å²) in [4.78, 5) is 9.30. The fourth-order valence-electron chi connectivity index (χ4n) is 6.34. The fraction of sp³-hybridized carbons (Fsp3) is 0.227. The van der Waals surface area contributed by atoms with Crippen LogP contribution in [-0.4, -0.2) is 23.2 Å². The number of halogens is 1. The van der Waals surface area contributed by atoms with E-state index in [0.717, 1.165) is 54.7 Å². The zero-order valence-electron chi connectivity index (χ0n) is 30.0. The van der Waals surface area contributed by atoms with Crippen molar-refractivity contribution < 1.29 is 24.5 Å². The Bertz CT molecular complexity index is 2250. The molecule has 50 heavy (non-hydrogen) atoms. The van der Waals surface area contributed by atoms with Crippen LogP contribution >= 0.6 is 11.3 Å². The number of hydrogen-bond acceptors (Lipinski definition) is 3. The van der Waals surface area contributed by atoms with Crippen LogP contribution in [0.4, 0.5) is 4.39 Å². The van der Waals surface area contributed by atoms with Crippen LogP contribution in [0.3, 0.4) is 0 Å². The summed E-state index contributed by atoms with van der Waals surface area (Å²) in [5.74, 6) is 7.01. The Morgan fingerprint density at radius 1 is 0.760 bits per heavy atom. The number of fused-ring (bicyclic) bond motifs is 3. The van der Waals surface area contributed by atoms with Crippen molar-refractivity contribution >= 4 is 49.2 Å². The van der Waals surface area contributed by atoms with E-state index >= 15 is 4.39 Å². The Hall–Kier alpha value is -3.48. The van der Waals surface area contributed by atoms with Gasteiger partial charge in [-0.15, -0.1) is 23.8 Å². The van der Waals surface area contributed by atoms with E-state index in [-0.39, 0.29) is 31.3 Å². The first-order chi connectivity index (χ1) is 23.3. The minimum Gasteiger partial charge on any atom is -0.304 e. The molecule has 2 nitrogen and oxygen atoms in total. The molecule has 0 aliphatic carbocycles. The first kappa shape index (κ1) is 37.8. The number of hydrogen-bond donors (Lipinski definition) is 0. The molecule has 0 spiro atoms. The third kappa shape index (κ3) is 8.51. The molecule has 0 aliphatic rings. The molecule has 0 unspecified atom stereocenters. The van der Waals surface area contributed by atoms with Crippen molar-refractivity contribution in [2.24, 2.45) is 5.41 Å². The molecule has 0 aliphatic heterocycles. The van der Waals surface area contributed by atoms with Gasteiger partial charge in [0.25, 0.3) is 0 Å². The molecule has 1 radical (unpaired) electrons. The molecule has 0 amide bonds. The van der Waals surface area contributed by atoms with E-state index < -0.39 is 13.3 Å². The van der Waals surface area contributed by atoms with Gasteiger partial charge in [-0.3, -0.25) is 0 Å². The van der Waals surface area contributed by atoms with Gasteiger partial charge in [-0.25, -0.2) is 4.39 Å². The molecule has 0 saturated carbocycles. The standard InChI is InChI=1S/C29H25FNS.C15H18GeN.Ir/c1-18-17-31-24(15-21(18)16-29(2,3)4)20-10-12-25-22(14-20)28-26(32-25)13-11-23(30)27(28)19-8-6-5-7-9-19;1-12-10-15(13-8-6-5-7-9-13)17-11-14(12)16(2,3)4;/h5-9,11-15,17H,16H2,1-4H3;5-8,10-11H,1-4H3;/q2*-1;. The molecule has 0 saturated heterocycles. The second-order valence-corrected chi connectivity index (χ2v) is 26.7. The molecule has 7 rings (SSSR count). The maximum Gasteiger partial charge on any atom is 0.131 e. The maximum absolute atomic E-state index is 15.1. The van der Waals surface area contributed by atoms with Crippen LogP contribution in [0.2, 0.25) is 17.3 Å². The number of aromatic nitrogens is 2. The van der Waals surface area contributed by atoms with Crippen molar-refractivity contribution in [3.8, 4) is 33.6 Å². The summed E-state index contributed by atoms with van der Waals surface area (Å²) in [6, 6.07) is 36.4. The number of aryl methyl sites for hydroxylation is 2. The first-order valence-corrected chi connectivity index (χ1v) is 25.0. The van der Waals surface area contributed by atoms with Gasteiger partial charge < -0.3 is 4.98 Å². The summed E-state index contributed by atoms with van der Waals surface area (Å²) in [6.07, 6.45) is 5.02. The zero-order valence-corrected chi connectivity index (χ0v) is 35.3. The average Bonchev–Trinajstić information content (AvgIpc) is 3.43. The Kier molecular flexibility index (Phi) is 11.6. The van der Waals surface area contributed by atoms with Crippen molar-refractivity contribution in [1.82, 2.24) is 9.97 Å². The minimum absolute atomic E-state index is 0. The fourth-order valence-corrected chi connectivity index (χ4v) is 11.0. The third-order valence-electron chi connectivity index (χ3n) is 8.70. The Morgan fingerprint density at radius 3 is 2.12 bits per heavy atom. The van der Waals surface area contributed by atoms with Gasteiger partial charge in [-0.2, -0.15) is 11.3 Å². The van der Waals surface area contributed by atoms with E-state index in [4.69, 9.17) is 4.98 Å². The summed E-state index contributed by atoms with van der Waals surface area (Å²) >= 11 is -0.0944. The first-order valence-electron chi connectivity index (χ1n) is 16.8. The maximum atomic E-state index is 15.1. The molecule has 0 fully saturated rings. The molecule has 6 heteroatoms. The van der Waals surface area contributed by atoms with Crippen LogP contribution in [0.5, 0.6) is 0 Å². The summed E-state index contributed by atoms with van der Waals surface area (Å²) < 4.78 is 18.7. The van der Waals surface area contributed by atoms with Gasteiger partial charge in [0.1, 0.15) is 5.82 Å². The van der Waals surface area contributed by atoms with Crippen LogP contribution in [0.1, 0.15) is 37.5 Å². The monoisotopic (exact) mass is 917 g/mol. The van der Waals surface area contributed by atoms with Crippen LogP contribution in [0.25, 0.3) is 53.8 Å². The predicted molar refractivity (Wildman–Crippen MR) is 211 cm³/mol. The molecule has 0 N–H and O–H groups in total. The van der Waals surface area contributed by atoms with E-state index in [1.54, 1.807) is 17.4 Å². The summed E-state index contributed by atoms with van der Waals surface area (Å²) in [7, 11) is 0. The summed E-state index contributed by atoms with van der Waals surface area (Å²) in [6.45, 7) is 11.1. The Morgan fingerprint density at radius 2 is 1.46 bits per heavy atom. The van der Waals surface area contributed by atoms with E-state index in [1.807, 2.05) is 66.9 Å². The predicted octanol–water partition coefficient (Wildman–Crippen LogP) is 12.0.